The van der Waals surface area contributed by atoms with Crippen LogP contribution in [0.15, 0.2) is 24.3 Å². The van der Waals surface area contributed by atoms with E-state index >= 15 is 0 Å². The first-order chi connectivity index (χ1) is 7.49. The van der Waals surface area contributed by atoms with Crippen LogP contribution in [0.1, 0.15) is 19.4 Å². The first kappa shape index (κ1) is 13.3. The third-order valence-electron chi connectivity index (χ3n) is 2.35. The first-order valence-corrected chi connectivity index (χ1v) is 6.21. The smallest absolute Gasteiger partial charge is 0.450 e. The summed E-state index contributed by atoms with van der Waals surface area (Å²) in [6.45, 7) is 3.92. The first-order valence-electron chi connectivity index (χ1n) is 5.13. The molecule has 1 N–H and O–H groups in total. The molecule has 1 rings (SSSR count). The number of hydrogen-bond donors (Lipinski definition) is 1. The molecular formula is C12H15IO3. The fourth-order valence-corrected chi connectivity index (χ4v) is 1.76. The monoisotopic (exact) mass is 334 g/mol. The SMILES string of the molecule is CC(C)C(Cc1ccc(I)cc1)OC(=O)O. The van der Waals surface area contributed by atoms with E-state index in [4.69, 9.17) is 9.84 Å². The summed E-state index contributed by atoms with van der Waals surface area (Å²) in [7, 11) is 0. The van der Waals surface area contributed by atoms with Crippen LogP contribution in [0.25, 0.3) is 0 Å². The van der Waals surface area contributed by atoms with E-state index in [1.807, 2.05) is 38.1 Å². The van der Waals surface area contributed by atoms with Crippen LogP contribution in [0.2, 0.25) is 0 Å². The molecule has 3 nitrogen and oxygen atoms in total. The fraction of sp³-hybridized carbons (Fsp3) is 0.417. The molecule has 0 saturated carbocycles. The Kier molecular flexibility index (Phi) is 5.05. The van der Waals surface area contributed by atoms with Crippen molar-refractivity contribution in [1.82, 2.24) is 0 Å². The maximum absolute atomic E-state index is 10.5. The van der Waals surface area contributed by atoms with Gasteiger partial charge in [-0.15, -0.1) is 0 Å². The van der Waals surface area contributed by atoms with Gasteiger partial charge in [0.15, 0.2) is 0 Å². The van der Waals surface area contributed by atoms with Gasteiger partial charge in [0, 0.05) is 9.99 Å². The van der Waals surface area contributed by atoms with Crippen molar-refractivity contribution in [2.24, 2.45) is 5.92 Å². The highest BCUT2D eigenvalue weighted by molar-refractivity contribution is 14.1. The van der Waals surface area contributed by atoms with E-state index in [2.05, 4.69) is 22.6 Å². The van der Waals surface area contributed by atoms with Gasteiger partial charge >= 0.3 is 6.16 Å². The summed E-state index contributed by atoms with van der Waals surface area (Å²) in [5, 5.41) is 8.63. The van der Waals surface area contributed by atoms with Crippen molar-refractivity contribution >= 4 is 28.7 Å². The molecule has 1 aromatic rings. The average Bonchev–Trinajstić information content (AvgIpc) is 2.19. The van der Waals surface area contributed by atoms with Gasteiger partial charge < -0.3 is 9.84 Å². The zero-order valence-corrected chi connectivity index (χ0v) is 11.5. The predicted octanol–water partition coefficient (Wildman–Crippen LogP) is 3.55. The Morgan fingerprint density at radius 2 is 1.94 bits per heavy atom. The summed E-state index contributed by atoms with van der Waals surface area (Å²) in [6, 6.07) is 8.02. The van der Waals surface area contributed by atoms with E-state index < -0.39 is 6.16 Å². The third kappa shape index (κ3) is 4.38. The van der Waals surface area contributed by atoms with E-state index in [0.717, 1.165) is 5.56 Å². The molecule has 0 aromatic heterocycles. The zero-order valence-electron chi connectivity index (χ0n) is 9.31. The van der Waals surface area contributed by atoms with Crippen LogP contribution in [0.4, 0.5) is 4.79 Å². The van der Waals surface area contributed by atoms with Crippen molar-refractivity contribution in [2.45, 2.75) is 26.4 Å². The van der Waals surface area contributed by atoms with Gasteiger partial charge in [0.25, 0.3) is 0 Å². The quantitative estimate of drug-likeness (QED) is 0.677. The Hall–Kier alpha value is -0.780. The largest absolute Gasteiger partial charge is 0.506 e. The molecule has 0 radical (unpaired) electrons. The molecule has 0 bridgehead atoms. The predicted molar refractivity (Wildman–Crippen MR) is 70.6 cm³/mol. The fourth-order valence-electron chi connectivity index (χ4n) is 1.40. The lowest BCUT2D eigenvalue weighted by Crippen LogP contribution is -2.25. The molecule has 1 atom stereocenters. The summed E-state index contributed by atoms with van der Waals surface area (Å²) < 4.78 is 6.03. The summed E-state index contributed by atoms with van der Waals surface area (Å²) in [6.07, 6.45) is -0.859. The molecule has 0 fully saturated rings. The van der Waals surface area contributed by atoms with Crippen molar-refractivity contribution < 1.29 is 14.6 Å². The van der Waals surface area contributed by atoms with Crippen molar-refractivity contribution in [2.75, 3.05) is 0 Å². The van der Waals surface area contributed by atoms with Gasteiger partial charge in [0.05, 0.1) is 0 Å². The number of hydrogen-bond acceptors (Lipinski definition) is 2. The highest BCUT2D eigenvalue weighted by atomic mass is 127. The lowest BCUT2D eigenvalue weighted by molar-refractivity contribution is 0.0320. The van der Waals surface area contributed by atoms with Gasteiger partial charge in [-0.05, 0) is 46.2 Å². The maximum atomic E-state index is 10.5. The van der Waals surface area contributed by atoms with Crippen molar-refractivity contribution in [3.8, 4) is 0 Å². The topological polar surface area (TPSA) is 46.5 Å². The van der Waals surface area contributed by atoms with E-state index in [1.165, 1.54) is 3.57 Å². The molecule has 0 amide bonds. The van der Waals surface area contributed by atoms with Crippen LogP contribution in [-0.2, 0) is 11.2 Å². The average molecular weight is 334 g/mol. The molecule has 1 unspecified atom stereocenters. The number of carbonyl (C=O) groups is 1. The molecule has 1 aromatic carbocycles. The second-order valence-corrected chi connectivity index (χ2v) is 5.24. The number of benzene rings is 1. The van der Waals surface area contributed by atoms with Crippen molar-refractivity contribution in [3.05, 3.63) is 33.4 Å². The van der Waals surface area contributed by atoms with Crippen LogP contribution < -0.4 is 0 Å². The summed E-state index contributed by atoms with van der Waals surface area (Å²) in [5.74, 6) is 0.176. The normalized spacial score (nSPS) is 12.5. The van der Waals surface area contributed by atoms with Crippen LogP contribution in [0.3, 0.4) is 0 Å². The molecule has 0 spiro atoms. The molecule has 0 aliphatic heterocycles. The van der Waals surface area contributed by atoms with Crippen molar-refractivity contribution in [1.29, 1.82) is 0 Å². The summed E-state index contributed by atoms with van der Waals surface area (Å²) in [5.41, 5.74) is 1.10. The molecule has 0 saturated heterocycles. The Morgan fingerprint density at radius 1 is 1.38 bits per heavy atom. The second kappa shape index (κ2) is 6.08. The third-order valence-corrected chi connectivity index (χ3v) is 3.07. The lowest BCUT2D eigenvalue weighted by Gasteiger charge is -2.19. The molecule has 88 valence electrons. The molecule has 0 aliphatic rings. The molecule has 0 heterocycles. The van der Waals surface area contributed by atoms with Gasteiger partial charge in [-0.25, -0.2) is 4.79 Å². The van der Waals surface area contributed by atoms with E-state index in [-0.39, 0.29) is 12.0 Å². The van der Waals surface area contributed by atoms with E-state index in [9.17, 15) is 4.79 Å². The number of carboxylic acid groups (broad SMARTS) is 1. The maximum Gasteiger partial charge on any atom is 0.506 e. The van der Waals surface area contributed by atoms with Gasteiger partial charge in [0.1, 0.15) is 6.10 Å². The minimum Gasteiger partial charge on any atom is -0.450 e. The van der Waals surface area contributed by atoms with Gasteiger partial charge in [-0.2, -0.15) is 0 Å². The zero-order chi connectivity index (χ0) is 12.1. The summed E-state index contributed by atoms with van der Waals surface area (Å²) >= 11 is 2.24. The number of ether oxygens (including phenoxy) is 1. The molecular weight excluding hydrogens is 319 g/mol. The van der Waals surface area contributed by atoms with Gasteiger partial charge in [0.2, 0.25) is 0 Å². The number of halogens is 1. The standard InChI is InChI=1S/C12H15IO3/c1-8(2)11(16-12(14)15)7-9-3-5-10(13)6-4-9/h3-6,8,11H,7H2,1-2H3,(H,14,15). The Bertz CT molecular complexity index is 346. The van der Waals surface area contributed by atoms with Crippen LogP contribution in [-0.4, -0.2) is 17.4 Å². The van der Waals surface area contributed by atoms with Crippen LogP contribution in [0.5, 0.6) is 0 Å². The Balaban J connectivity index is 2.67. The van der Waals surface area contributed by atoms with E-state index in [1.54, 1.807) is 0 Å². The van der Waals surface area contributed by atoms with E-state index in [0.29, 0.717) is 6.42 Å². The highest BCUT2D eigenvalue weighted by Gasteiger charge is 2.18. The van der Waals surface area contributed by atoms with Crippen LogP contribution in [0, 0.1) is 9.49 Å². The number of rotatable bonds is 4. The van der Waals surface area contributed by atoms with Crippen molar-refractivity contribution in [3.63, 3.8) is 0 Å². The lowest BCUT2D eigenvalue weighted by atomic mass is 9.99. The minimum atomic E-state index is -1.20. The van der Waals surface area contributed by atoms with Gasteiger partial charge in [-0.1, -0.05) is 26.0 Å². The summed E-state index contributed by atoms with van der Waals surface area (Å²) in [4.78, 5) is 10.5. The Labute approximate surface area is 109 Å². The molecule has 16 heavy (non-hydrogen) atoms. The molecule has 4 heteroatoms. The minimum absolute atomic E-state index is 0.176. The van der Waals surface area contributed by atoms with Gasteiger partial charge in [-0.3, -0.25) is 0 Å². The molecule has 0 aliphatic carbocycles. The second-order valence-electron chi connectivity index (χ2n) is 4.00. The Morgan fingerprint density at radius 3 is 2.38 bits per heavy atom. The van der Waals surface area contributed by atoms with Crippen LogP contribution >= 0.6 is 22.6 Å². The highest BCUT2D eigenvalue weighted by Crippen LogP contribution is 2.15.